The Morgan fingerprint density at radius 3 is 2.71 bits per heavy atom. The second-order valence-corrected chi connectivity index (χ2v) is 8.72. The van der Waals surface area contributed by atoms with Gasteiger partial charge in [0.2, 0.25) is 5.91 Å². The molecule has 0 spiro atoms. The first kappa shape index (κ1) is 21.4. The van der Waals surface area contributed by atoms with Gasteiger partial charge in [-0.15, -0.1) is 21.5 Å². The topological polar surface area (TPSA) is 69.0 Å². The van der Waals surface area contributed by atoms with Gasteiger partial charge in [0.1, 0.15) is 5.75 Å². The summed E-state index contributed by atoms with van der Waals surface area (Å²) in [5.74, 6) is 1.57. The molecule has 0 saturated heterocycles. The molecular weight excluding hydrogens is 452 g/mol. The highest BCUT2D eigenvalue weighted by molar-refractivity contribution is 7.99. The molecule has 0 atom stereocenters. The number of amides is 1. The molecule has 0 bridgehead atoms. The van der Waals surface area contributed by atoms with E-state index in [-0.39, 0.29) is 11.7 Å². The molecule has 0 saturated carbocycles. The fourth-order valence-corrected chi connectivity index (χ4v) is 4.55. The zero-order chi connectivity index (χ0) is 21.6. The first-order valence-electron chi connectivity index (χ1n) is 9.55. The highest BCUT2D eigenvalue weighted by atomic mass is 35.5. The Morgan fingerprint density at radius 2 is 2.00 bits per heavy atom. The van der Waals surface area contributed by atoms with Crippen LogP contribution in [0.2, 0.25) is 5.02 Å². The lowest BCUT2D eigenvalue weighted by Gasteiger charge is -2.11. The summed E-state index contributed by atoms with van der Waals surface area (Å²) in [6.07, 6.45) is 0. The van der Waals surface area contributed by atoms with Crippen molar-refractivity contribution in [3.05, 3.63) is 71.1 Å². The van der Waals surface area contributed by atoms with Crippen LogP contribution in [0.4, 0.5) is 5.69 Å². The normalized spacial score (nSPS) is 10.8. The standard InChI is InChI=1S/C22H19ClN4O2S2/c1-2-29-18-10-8-17(9-11-18)27-21(19-7-4-12-30-19)25-26-22(27)31-14-20(28)24-16-6-3-5-15(23)13-16/h3-13H,2,14H2,1H3,(H,24,28). The predicted octanol–water partition coefficient (Wildman–Crippen LogP) is 5.78. The minimum Gasteiger partial charge on any atom is -0.494 e. The molecule has 4 rings (SSSR count). The average Bonchev–Trinajstić information content (AvgIpc) is 3.43. The number of aromatic nitrogens is 3. The fourth-order valence-electron chi connectivity index (χ4n) is 2.91. The molecule has 0 aliphatic carbocycles. The number of thiophene rings is 1. The Hall–Kier alpha value is -2.81. The van der Waals surface area contributed by atoms with E-state index in [1.807, 2.05) is 53.3 Å². The summed E-state index contributed by atoms with van der Waals surface area (Å²) in [6.45, 7) is 2.56. The van der Waals surface area contributed by atoms with Crippen molar-refractivity contribution in [2.24, 2.45) is 0 Å². The number of hydrogen-bond donors (Lipinski definition) is 1. The number of carbonyl (C=O) groups is 1. The minimum absolute atomic E-state index is 0.147. The van der Waals surface area contributed by atoms with Gasteiger partial charge in [0.05, 0.1) is 22.9 Å². The largest absolute Gasteiger partial charge is 0.494 e. The molecule has 4 aromatic rings. The molecule has 158 valence electrons. The zero-order valence-corrected chi connectivity index (χ0v) is 19.0. The van der Waals surface area contributed by atoms with Crippen LogP contribution >= 0.6 is 34.7 Å². The van der Waals surface area contributed by atoms with Crippen molar-refractivity contribution in [3.8, 4) is 22.1 Å². The fraction of sp³-hybridized carbons (Fsp3) is 0.136. The molecule has 0 aliphatic rings. The maximum atomic E-state index is 12.4. The Balaban J connectivity index is 1.56. The molecule has 31 heavy (non-hydrogen) atoms. The smallest absolute Gasteiger partial charge is 0.234 e. The van der Waals surface area contributed by atoms with Gasteiger partial charge in [-0.25, -0.2) is 0 Å². The van der Waals surface area contributed by atoms with Crippen molar-refractivity contribution < 1.29 is 9.53 Å². The molecule has 0 radical (unpaired) electrons. The Bertz CT molecular complexity index is 1160. The van der Waals surface area contributed by atoms with Gasteiger partial charge in [-0.1, -0.05) is 35.5 Å². The van der Waals surface area contributed by atoms with Crippen molar-refractivity contribution >= 4 is 46.3 Å². The lowest BCUT2D eigenvalue weighted by Crippen LogP contribution is -2.14. The van der Waals surface area contributed by atoms with Gasteiger partial charge < -0.3 is 10.1 Å². The molecule has 9 heteroatoms. The second-order valence-electron chi connectivity index (χ2n) is 6.39. The van der Waals surface area contributed by atoms with E-state index in [0.717, 1.165) is 22.1 Å². The SMILES string of the molecule is CCOc1ccc(-n2c(SCC(=O)Nc3cccc(Cl)c3)nnc2-c2cccs2)cc1. The van der Waals surface area contributed by atoms with Gasteiger partial charge in [-0.05, 0) is 60.8 Å². The molecule has 2 aromatic heterocycles. The Morgan fingerprint density at radius 1 is 1.16 bits per heavy atom. The van der Waals surface area contributed by atoms with Crippen molar-refractivity contribution in [1.29, 1.82) is 0 Å². The lowest BCUT2D eigenvalue weighted by atomic mass is 10.3. The van der Waals surface area contributed by atoms with Crippen LogP contribution in [0, 0.1) is 0 Å². The van der Waals surface area contributed by atoms with Crippen LogP contribution < -0.4 is 10.1 Å². The highest BCUT2D eigenvalue weighted by Gasteiger charge is 2.18. The number of halogens is 1. The first-order chi connectivity index (χ1) is 15.1. The van der Waals surface area contributed by atoms with E-state index < -0.39 is 0 Å². The summed E-state index contributed by atoms with van der Waals surface area (Å²) in [5.41, 5.74) is 1.56. The summed E-state index contributed by atoms with van der Waals surface area (Å²) in [5, 5.41) is 14.8. The number of nitrogens with zero attached hydrogens (tertiary/aromatic N) is 3. The van der Waals surface area contributed by atoms with Crippen LogP contribution in [0.15, 0.2) is 71.2 Å². The maximum Gasteiger partial charge on any atom is 0.234 e. The van der Waals surface area contributed by atoms with Crippen molar-refractivity contribution in [2.45, 2.75) is 12.1 Å². The summed E-state index contributed by atoms with van der Waals surface area (Å²) in [4.78, 5) is 13.4. The van der Waals surface area contributed by atoms with E-state index in [4.69, 9.17) is 16.3 Å². The van der Waals surface area contributed by atoms with Crippen LogP contribution in [-0.2, 0) is 4.79 Å². The minimum atomic E-state index is -0.147. The van der Waals surface area contributed by atoms with Crippen molar-refractivity contribution in [1.82, 2.24) is 14.8 Å². The summed E-state index contributed by atoms with van der Waals surface area (Å²) in [6, 6.07) is 18.8. The molecule has 1 N–H and O–H groups in total. The predicted molar refractivity (Wildman–Crippen MR) is 127 cm³/mol. The van der Waals surface area contributed by atoms with Gasteiger partial charge in [-0.2, -0.15) is 0 Å². The lowest BCUT2D eigenvalue weighted by molar-refractivity contribution is -0.113. The van der Waals surface area contributed by atoms with Crippen LogP contribution in [0.1, 0.15) is 6.92 Å². The van der Waals surface area contributed by atoms with Crippen molar-refractivity contribution in [3.63, 3.8) is 0 Å². The van der Waals surface area contributed by atoms with Gasteiger partial charge in [0.15, 0.2) is 11.0 Å². The Kier molecular flexibility index (Phi) is 6.91. The highest BCUT2D eigenvalue weighted by Crippen LogP contribution is 2.31. The van der Waals surface area contributed by atoms with Gasteiger partial charge >= 0.3 is 0 Å². The monoisotopic (exact) mass is 470 g/mol. The molecule has 0 aliphatic heterocycles. The van der Waals surface area contributed by atoms with Gasteiger partial charge in [0, 0.05) is 10.7 Å². The van der Waals surface area contributed by atoms with Gasteiger partial charge in [-0.3, -0.25) is 9.36 Å². The average molecular weight is 471 g/mol. The number of thioether (sulfide) groups is 1. The van der Waals surface area contributed by atoms with Crippen LogP contribution in [0.25, 0.3) is 16.4 Å². The van der Waals surface area contributed by atoms with E-state index >= 15 is 0 Å². The quantitative estimate of drug-likeness (QED) is 0.330. The molecule has 0 unspecified atom stereocenters. The maximum absolute atomic E-state index is 12.4. The third-order valence-corrected chi connectivity index (χ3v) is 6.25. The summed E-state index contributed by atoms with van der Waals surface area (Å²) in [7, 11) is 0. The Labute approximate surface area is 193 Å². The third kappa shape index (κ3) is 5.28. The molecule has 2 heterocycles. The van der Waals surface area contributed by atoms with Crippen molar-refractivity contribution in [2.75, 3.05) is 17.7 Å². The third-order valence-electron chi connectivity index (χ3n) is 4.22. The summed E-state index contributed by atoms with van der Waals surface area (Å²) >= 11 is 8.90. The number of anilines is 1. The van der Waals surface area contributed by atoms with Crippen LogP contribution in [0.5, 0.6) is 5.75 Å². The number of carbonyl (C=O) groups excluding carboxylic acids is 1. The van der Waals surface area contributed by atoms with E-state index in [0.29, 0.717) is 22.5 Å². The number of benzene rings is 2. The number of ether oxygens (including phenoxy) is 1. The number of rotatable bonds is 8. The van der Waals surface area contributed by atoms with Crippen LogP contribution in [-0.4, -0.2) is 33.0 Å². The second kappa shape index (κ2) is 10.00. The van der Waals surface area contributed by atoms with Crippen LogP contribution in [0.3, 0.4) is 0 Å². The van der Waals surface area contributed by atoms with E-state index in [1.165, 1.54) is 11.8 Å². The van der Waals surface area contributed by atoms with E-state index in [2.05, 4.69) is 15.5 Å². The molecular formula is C22H19ClN4O2S2. The zero-order valence-electron chi connectivity index (χ0n) is 16.6. The summed E-state index contributed by atoms with van der Waals surface area (Å²) < 4.78 is 7.51. The number of nitrogens with one attached hydrogen (secondary N) is 1. The molecule has 1 amide bonds. The number of hydrogen-bond acceptors (Lipinski definition) is 6. The molecule has 2 aromatic carbocycles. The molecule has 6 nitrogen and oxygen atoms in total. The van der Waals surface area contributed by atoms with E-state index in [1.54, 1.807) is 35.6 Å². The van der Waals surface area contributed by atoms with E-state index in [9.17, 15) is 4.79 Å². The first-order valence-corrected chi connectivity index (χ1v) is 11.8. The molecule has 0 fully saturated rings. The van der Waals surface area contributed by atoms with Gasteiger partial charge in [0.25, 0.3) is 0 Å².